The van der Waals surface area contributed by atoms with Crippen LogP contribution < -0.4 is 4.90 Å². The summed E-state index contributed by atoms with van der Waals surface area (Å²) in [6.07, 6.45) is 3.11. The first kappa shape index (κ1) is 11.9. The zero-order valence-electron chi connectivity index (χ0n) is 9.74. The second kappa shape index (κ2) is 5.15. The average molecular weight is 285 g/mol. The molecule has 3 nitrogen and oxygen atoms in total. The van der Waals surface area contributed by atoms with Crippen molar-refractivity contribution in [1.29, 1.82) is 0 Å². The molecule has 1 aliphatic heterocycles. The molecule has 16 heavy (non-hydrogen) atoms. The Hall–Kier alpha value is -0.610. The topological polar surface area (TPSA) is 25.4 Å². The number of hydrogen-bond acceptors (Lipinski definition) is 3. The first-order valence-electron chi connectivity index (χ1n) is 5.56. The largest absolute Gasteiger partial charge is 0.384 e. The summed E-state index contributed by atoms with van der Waals surface area (Å²) in [7, 11) is 1.77. The van der Waals surface area contributed by atoms with Gasteiger partial charge in [-0.3, -0.25) is 0 Å². The van der Waals surface area contributed by atoms with Crippen molar-refractivity contribution >= 4 is 21.7 Å². The van der Waals surface area contributed by atoms with Crippen molar-refractivity contribution in [3.05, 3.63) is 22.3 Å². The van der Waals surface area contributed by atoms with Gasteiger partial charge >= 0.3 is 0 Å². The average Bonchev–Trinajstić information content (AvgIpc) is 2.67. The van der Waals surface area contributed by atoms with Crippen LogP contribution in [0.5, 0.6) is 0 Å². The minimum absolute atomic E-state index is 0.639. The Bertz CT molecular complexity index is 370. The fourth-order valence-electron chi connectivity index (χ4n) is 2.16. The molecule has 1 unspecified atom stereocenters. The molecule has 88 valence electrons. The lowest BCUT2D eigenvalue weighted by molar-refractivity contribution is 0.161. The number of aryl methyl sites for hydroxylation is 1. The molecule has 0 N–H and O–H groups in total. The van der Waals surface area contributed by atoms with Crippen LogP contribution in [0.4, 0.5) is 5.82 Å². The highest BCUT2D eigenvalue weighted by Crippen LogP contribution is 2.29. The minimum atomic E-state index is 0.639. The lowest BCUT2D eigenvalue weighted by Crippen LogP contribution is -2.22. The number of aromatic nitrogens is 1. The minimum Gasteiger partial charge on any atom is -0.384 e. The molecular weight excluding hydrogens is 268 g/mol. The molecule has 1 aromatic rings. The summed E-state index contributed by atoms with van der Waals surface area (Å²) in [6.45, 7) is 5.02. The standard InChI is InChI=1S/C12H17BrN2O/c1-9-5-11(13)12(14-6-9)15-4-3-10(7-15)8-16-2/h5-6,10H,3-4,7-8H2,1-2H3. The third-order valence-electron chi connectivity index (χ3n) is 2.95. The maximum atomic E-state index is 5.20. The van der Waals surface area contributed by atoms with E-state index in [1.807, 2.05) is 6.20 Å². The van der Waals surface area contributed by atoms with Crippen LogP contribution in [0.25, 0.3) is 0 Å². The zero-order chi connectivity index (χ0) is 11.5. The van der Waals surface area contributed by atoms with Gasteiger partial charge in [-0.05, 0) is 40.9 Å². The van der Waals surface area contributed by atoms with E-state index < -0.39 is 0 Å². The second-order valence-corrected chi connectivity index (χ2v) is 5.23. The van der Waals surface area contributed by atoms with Crippen molar-refractivity contribution in [3.63, 3.8) is 0 Å². The van der Waals surface area contributed by atoms with Crippen LogP contribution in [0.2, 0.25) is 0 Å². The zero-order valence-corrected chi connectivity index (χ0v) is 11.3. The van der Waals surface area contributed by atoms with Gasteiger partial charge in [0.2, 0.25) is 0 Å². The highest BCUT2D eigenvalue weighted by atomic mass is 79.9. The van der Waals surface area contributed by atoms with E-state index >= 15 is 0 Å². The lowest BCUT2D eigenvalue weighted by atomic mass is 10.1. The van der Waals surface area contributed by atoms with Gasteiger partial charge in [0.05, 0.1) is 11.1 Å². The Morgan fingerprint density at radius 3 is 3.12 bits per heavy atom. The molecule has 0 spiro atoms. The molecule has 0 aromatic carbocycles. The van der Waals surface area contributed by atoms with Gasteiger partial charge in [-0.2, -0.15) is 0 Å². The predicted molar refractivity (Wildman–Crippen MR) is 68.9 cm³/mol. The summed E-state index contributed by atoms with van der Waals surface area (Å²) in [6, 6.07) is 2.12. The van der Waals surface area contributed by atoms with Gasteiger partial charge in [0.1, 0.15) is 5.82 Å². The highest BCUT2D eigenvalue weighted by Gasteiger charge is 2.24. The summed E-state index contributed by atoms with van der Waals surface area (Å²) in [5.74, 6) is 1.70. The monoisotopic (exact) mass is 284 g/mol. The molecule has 0 bridgehead atoms. The second-order valence-electron chi connectivity index (χ2n) is 4.37. The molecule has 2 rings (SSSR count). The number of methoxy groups -OCH3 is 1. The molecule has 0 saturated carbocycles. The van der Waals surface area contributed by atoms with Crippen LogP contribution in [-0.4, -0.2) is 31.8 Å². The van der Waals surface area contributed by atoms with Crippen molar-refractivity contribution in [3.8, 4) is 0 Å². The normalized spacial score (nSPS) is 20.4. The molecule has 4 heteroatoms. The van der Waals surface area contributed by atoms with Crippen molar-refractivity contribution in [2.45, 2.75) is 13.3 Å². The van der Waals surface area contributed by atoms with E-state index in [1.165, 1.54) is 12.0 Å². The summed E-state index contributed by atoms with van der Waals surface area (Å²) in [5, 5.41) is 0. The van der Waals surface area contributed by atoms with E-state index in [0.717, 1.165) is 30.0 Å². The molecule has 1 aromatic heterocycles. The van der Waals surface area contributed by atoms with Crippen LogP contribution in [-0.2, 0) is 4.74 Å². The number of hydrogen-bond donors (Lipinski definition) is 0. The fourth-order valence-corrected chi connectivity index (χ4v) is 2.87. The van der Waals surface area contributed by atoms with Crippen LogP contribution in [0.15, 0.2) is 16.7 Å². The maximum absolute atomic E-state index is 5.20. The Kier molecular flexibility index (Phi) is 3.82. The molecule has 1 atom stereocenters. The maximum Gasteiger partial charge on any atom is 0.142 e. The summed E-state index contributed by atoms with van der Waals surface area (Å²) >= 11 is 3.58. The Balaban J connectivity index is 2.08. The van der Waals surface area contributed by atoms with Gasteiger partial charge in [0.15, 0.2) is 0 Å². The SMILES string of the molecule is COCC1CCN(c2ncc(C)cc2Br)C1. The summed E-state index contributed by atoms with van der Waals surface area (Å²) in [4.78, 5) is 6.82. The molecule has 2 heterocycles. The van der Waals surface area contributed by atoms with Crippen LogP contribution >= 0.6 is 15.9 Å². The van der Waals surface area contributed by atoms with Gasteiger partial charge in [-0.25, -0.2) is 4.98 Å². The van der Waals surface area contributed by atoms with Crippen LogP contribution in [0.3, 0.4) is 0 Å². The van der Waals surface area contributed by atoms with Gasteiger partial charge in [0, 0.05) is 32.3 Å². The molecule has 0 amide bonds. The van der Waals surface area contributed by atoms with Gasteiger partial charge < -0.3 is 9.64 Å². The Morgan fingerprint density at radius 2 is 2.44 bits per heavy atom. The van der Waals surface area contributed by atoms with Gasteiger partial charge in [-0.1, -0.05) is 0 Å². The predicted octanol–water partition coefficient (Wildman–Crippen LogP) is 2.63. The quantitative estimate of drug-likeness (QED) is 0.853. The highest BCUT2D eigenvalue weighted by molar-refractivity contribution is 9.10. The molecule has 1 fully saturated rings. The Morgan fingerprint density at radius 1 is 1.62 bits per heavy atom. The number of rotatable bonds is 3. The smallest absolute Gasteiger partial charge is 0.142 e. The number of ether oxygens (including phenoxy) is 1. The van der Waals surface area contributed by atoms with Crippen molar-refractivity contribution in [1.82, 2.24) is 4.98 Å². The van der Waals surface area contributed by atoms with E-state index in [1.54, 1.807) is 7.11 Å². The number of anilines is 1. The first-order chi connectivity index (χ1) is 7.70. The lowest BCUT2D eigenvalue weighted by Gasteiger charge is -2.19. The van der Waals surface area contributed by atoms with Crippen LogP contribution in [0, 0.1) is 12.8 Å². The summed E-state index contributed by atoms with van der Waals surface area (Å²) in [5.41, 5.74) is 1.18. The van der Waals surface area contributed by atoms with Crippen molar-refractivity contribution < 1.29 is 4.74 Å². The van der Waals surface area contributed by atoms with E-state index in [0.29, 0.717) is 5.92 Å². The molecule has 0 radical (unpaired) electrons. The van der Waals surface area contributed by atoms with E-state index in [-0.39, 0.29) is 0 Å². The van der Waals surface area contributed by atoms with Crippen LogP contribution in [0.1, 0.15) is 12.0 Å². The summed E-state index contributed by atoms with van der Waals surface area (Å²) < 4.78 is 6.29. The van der Waals surface area contributed by atoms with E-state index in [4.69, 9.17) is 4.74 Å². The van der Waals surface area contributed by atoms with Gasteiger partial charge in [0.25, 0.3) is 0 Å². The Labute approximate surface area is 105 Å². The number of nitrogens with zero attached hydrogens (tertiary/aromatic N) is 2. The van der Waals surface area contributed by atoms with Crippen molar-refractivity contribution in [2.24, 2.45) is 5.92 Å². The molecule has 0 aliphatic carbocycles. The fraction of sp³-hybridized carbons (Fsp3) is 0.583. The van der Waals surface area contributed by atoms with E-state index in [9.17, 15) is 0 Å². The third kappa shape index (κ3) is 2.55. The number of halogens is 1. The number of pyridine rings is 1. The van der Waals surface area contributed by atoms with Crippen molar-refractivity contribution in [2.75, 3.05) is 31.7 Å². The molecule has 1 saturated heterocycles. The first-order valence-corrected chi connectivity index (χ1v) is 6.36. The van der Waals surface area contributed by atoms with Gasteiger partial charge in [-0.15, -0.1) is 0 Å². The molecule has 1 aliphatic rings. The van der Waals surface area contributed by atoms with E-state index in [2.05, 4.69) is 38.8 Å². The molecular formula is C12H17BrN2O. The third-order valence-corrected chi connectivity index (χ3v) is 3.53.